The quantitative estimate of drug-likeness (QED) is 0.707. The summed E-state index contributed by atoms with van der Waals surface area (Å²) in [7, 11) is 0. The van der Waals surface area contributed by atoms with E-state index >= 15 is 0 Å². The summed E-state index contributed by atoms with van der Waals surface area (Å²) in [6, 6.07) is 2.40. The highest BCUT2D eigenvalue weighted by atomic mass is 32.1. The maximum Gasteiger partial charge on any atom is 0.326 e. The van der Waals surface area contributed by atoms with Gasteiger partial charge in [0.05, 0.1) is 4.88 Å². The van der Waals surface area contributed by atoms with E-state index in [1.54, 1.807) is 12.1 Å². The number of carboxylic acids is 1. The summed E-state index contributed by atoms with van der Waals surface area (Å²) in [5.41, 5.74) is 0. The molecule has 0 fully saturated rings. The molecule has 1 unspecified atom stereocenters. The van der Waals surface area contributed by atoms with E-state index in [4.69, 9.17) is 10.2 Å². The molecule has 88 valence electrons. The van der Waals surface area contributed by atoms with E-state index in [0.717, 1.165) is 4.88 Å². The molecule has 1 aromatic rings. The molecule has 6 heteroatoms. The lowest BCUT2D eigenvalue weighted by Crippen LogP contribution is -2.41. The van der Waals surface area contributed by atoms with E-state index in [9.17, 15) is 9.59 Å². The largest absolute Gasteiger partial charge is 0.480 e. The van der Waals surface area contributed by atoms with Crippen LogP contribution in [0, 0.1) is 6.92 Å². The number of thiophene rings is 1. The van der Waals surface area contributed by atoms with Crippen LogP contribution in [0.2, 0.25) is 0 Å². The predicted molar refractivity (Wildman–Crippen MR) is 59.6 cm³/mol. The van der Waals surface area contributed by atoms with Crippen LogP contribution in [0.15, 0.2) is 12.1 Å². The third-order valence-corrected chi connectivity index (χ3v) is 2.98. The van der Waals surface area contributed by atoms with Gasteiger partial charge in [-0.25, -0.2) is 4.79 Å². The Bertz CT molecular complexity index is 388. The molecule has 0 aliphatic carbocycles. The SMILES string of the molecule is Cc1ccc(C(=O)NC(CCO)C(=O)O)s1. The number of carbonyl (C=O) groups excluding carboxylic acids is 1. The van der Waals surface area contributed by atoms with Gasteiger partial charge in [-0.15, -0.1) is 11.3 Å². The maximum atomic E-state index is 11.6. The standard InChI is InChI=1S/C10H13NO4S/c1-6-2-3-8(16-6)9(13)11-7(4-5-12)10(14)15/h2-3,7,12H,4-5H2,1H3,(H,11,13)(H,14,15). The predicted octanol–water partition coefficient (Wildman–Crippen LogP) is 0.622. The van der Waals surface area contributed by atoms with Crippen molar-refractivity contribution in [1.82, 2.24) is 5.32 Å². The van der Waals surface area contributed by atoms with Crippen molar-refractivity contribution >= 4 is 23.2 Å². The number of hydrogen-bond acceptors (Lipinski definition) is 4. The Morgan fingerprint density at radius 3 is 2.62 bits per heavy atom. The summed E-state index contributed by atoms with van der Waals surface area (Å²) in [4.78, 5) is 23.8. The second kappa shape index (κ2) is 5.62. The molecule has 1 heterocycles. The number of carboxylic acid groups (broad SMARTS) is 1. The molecule has 0 bridgehead atoms. The number of aliphatic hydroxyl groups excluding tert-OH is 1. The number of aryl methyl sites for hydroxylation is 1. The summed E-state index contributed by atoms with van der Waals surface area (Å²) < 4.78 is 0. The average Bonchev–Trinajstić information content (AvgIpc) is 2.64. The minimum atomic E-state index is -1.14. The van der Waals surface area contributed by atoms with Crippen molar-refractivity contribution in [1.29, 1.82) is 0 Å². The van der Waals surface area contributed by atoms with Gasteiger partial charge in [0.1, 0.15) is 6.04 Å². The van der Waals surface area contributed by atoms with Gasteiger partial charge in [0, 0.05) is 17.9 Å². The number of aliphatic carboxylic acids is 1. The highest BCUT2D eigenvalue weighted by molar-refractivity contribution is 7.13. The zero-order chi connectivity index (χ0) is 12.1. The maximum absolute atomic E-state index is 11.6. The lowest BCUT2D eigenvalue weighted by molar-refractivity contribution is -0.139. The second-order valence-electron chi connectivity index (χ2n) is 3.29. The first kappa shape index (κ1) is 12.7. The van der Waals surface area contributed by atoms with Gasteiger partial charge in [-0.2, -0.15) is 0 Å². The number of carbonyl (C=O) groups is 2. The van der Waals surface area contributed by atoms with Gasteiger partial charge in [-0.3, -0.25) is 4.79 Å². The number of hydrogen-bond donors (Lipinski definition) is 3. The van der Waals surface area contributed by atoms with Crippen molar-refractivity contribution in [3.63, 3.8) is 0 Å². The summed E-state index contributed by atoms with van der Waals surface area (Å²) in [5.74, 6) is -1.56. The van der Waals surface area contributed by atoms with Crippen molar-refractivity contribution in [3.05, 3.63) is 21.9 Å². The van der Waals surface area contributed by atoms with E-state index in [-0.39, 0.29) is 13.0 Å². The van der Waals surface area contributed by atoms with Gasteiger partial charge in [0.15, 0.2) is 0 Å². The third-order valence-electron chi connectivity index (χ3n) is 1.99. The van der Waals surface area contributed by atoms with Gasteiger partial charge in [0.25, 0.3) is 5.91 Å². The van der Waals surface area contributed by atoms with Crippen LogP contribution in [-0.4, -0.2) is 34.7 Å². The Kier molecular flexibility index (Phi) is 4.45. The number of amides is 1. The van der Waals surface area contributed by atoms with Crippen molar-refractivity contribution in [2.45, 2.75) is 19.4 Å². The minimum absolute atomic E-state index is 0.00539. The van der Waals surface area contributed by atoms with Crippen molar-refractivity contribution in [2.75, 3.05) is 6.61 Å². The number of rotatable bonds is 5. The summed E-state index contributed by atoms with van der Waals surface area (Å²) in [5, 5.41) is 19.8. The molecule has 0 aliphatic heterocycles. The fourth-order valence-electron chi connectivity index (χ4n) is 1.17. The molecule has 1 rings (SSSR count). The second-order valence-corrected chi connectivity index (χ2v) is 4.57. The van der Waals surface area contributed by atoms with Gasteiger partial charge >= 0.3 is 5.97 Å². The molecule has 0 spiro atoms. The van der Waals surface area contributed by atoms with E-state index in [0.29, 0.717) is 4.88 Å². The van der Waals surface area contributed by atoms with Crippen LogP contribution < -0.4 is 5.32 Å². The zero-order valence-corrected chi connectivity index (χ0v) is 9.58. The molecule has 3 N–H and O–H groups in total. The molecule has 1 aromatic heterocycles. The van der Waals surface area contributed by atoms with Crippen LogP contribution in [0.25, 0.3) is 0 Å². The lowest BCUT2D eigenvalue weighted by Gasteiger charge is -2.11. The van der Waals surface area contributed by atoms with Crippen LogP contribution >= 0.6 is 11.3 Å². The summed E-state index contributed by atoms with van der Waals surface area (Å²) in [6.07, 6.45) is 0.00539. The molecule has 0 saturated carbocycles. The molecular formula is C10H13NO4S. The van der Waals surface area contributed by atoms with Crippen molar-refractivity contribution in [2.24, 2.45) is 0 Å². The Balaban J connectivity index is 2.65. The fourth-order valence-corrected chi connectivity index (χ4v) is 1.94. The van der Waals surface area contributed by atoms with Gasteiger partial charge in [-0.05, 0) is 19.1 Å². The van der Waals surface area contributed by atoms with Crippen LogP contribution in [-0.2, 0) is 4.79 Å². The molecule has 0 saturated heterocycles. The molecule has 16 heavy (non-hydrogen) atoms. The topological polar surface area (TPSA) is 86.6 Å². The normalized spacial score (nSPS) is 12.1. The van der Waals surface area contributed by atoms with E-state index in [2.05, 4.69) is 5.32 Å². The first-order valence-corrected chi connectivity index (χ1v) is 5.57. The highest BCUT2D eigenvalue weighted by Gasteiger charge is 2.20. The molecule has 0 aromatic carbocycles. The summed E-state index contributed by atoms with van der Waals surface area (Å²) >= 11 is 1.30. The molecule has 0 radical (unpaired) electrons. The first-order valence-electron chi connectivity index (χ1n) is 4.75. The van der Waals surface area contributed by atoms with E-state index in [1.165, 1.54) is 11.3 Å². The van der Waals surface area contributed by atoms with Gasteiger partial charge in [0.2, 0.25) is 0 Å². The lowest BCUT2D eigenvalue weighted by atomic mass is 10.2. The molecule has 5 nitrogen and oxygen atoms in total. The Morgan fingerprint density at radius 1 is 1.50 bits per heavy atom. The van der Waals surface area contributed by atoms with Crippen molar-refractivity contribution < 1.29 is 19.8 Å². The number of nitrogens with one attached hydrogen (secondary N) is 1. The zero-order valence-electron chi connectivity index (χ0n) is 8.77. The summed E-state index contributed by atoms with van der Waals surface area (Å²) in [6.45, 7) is 1.59. The smallest absolute Gasteiger partial charge is 0.326 e. The Morgan fingerprint density at radius 2 is 2.19 bits per heavy atom. The first-order chi connectivity index (χ1) is 7.54. The van der Waals surface area contributed by atoms with E-state index < -0.39 is 17.9 Å². The van der Waals surface area contributed by atoms with E-state index in [1.807, 2.05) is 6.92 Å². The van der Waals surface area contributed by atoms with Gasteiger partial charge in [-0.1, -0.05) is 0 Å². The molecule has 0 aliphatic rings. The van der Waals surface area contributed by atoms with Crippen LogP contribution in [0.4, 0.5) is 0 Å². The monoisotopic (exact) mass is 243 g/mol. The Hall–Kier alpha value is -1.40. The fraction of sp³-hybridized carbons (Fsp3) is 0.400. The van der Waals surface area contributed by atoms with Crippen molar-refractivity contribution in [3.8, 4) is 0 Å². The Labute approximate surface area is 96.7 Å². The minimum Gasteiger partial charge on any atom is -0.480 e. The van der Waals surface area contributed by atoms with Crippen LogP contribution in [0.1, 0.15) is 21.0 Å². The molecule has 1 atom stereocenters. The average molecular weight is 243 g/mol. The molecule has 1 amide bonds. The van der Waals surface area contributed by atoms with Crippen LogP contribution in [0.5, 0.6) is 0 Å². The molecular weight excluding hydrogens is 230 g/mol. The van der Waals surface area contributed by atoms with Crippen LogP contribution in [0.3, 0.4) is 0 Å². The third kappa shape index (κ3) is 3.32. The number of aliphatic hydroxyl groups is 1. The highest BCUT2D eigenvalue weighted by Crippen LogP contribution is 2.14. The van der Waals surface area contributed by atoms with Gasteiger partial charge < -0.3 is 15.5 Å².